The number of rotatable bonds is 5. The lowest BCUT2D eigenvalue weighted by Gasteiger charge is -2.11. The molecule has 110 valence electrons. The zero-order valence-electron chi connectivity index (χ0n) is 11.9. The third-order valence-electron chi connectivity index (χ3n) is 2.98. The second-order valence-corrected chi connectivity index (χ2v) is 4.30. The van der Waals surface area contributed by atoms with Gasteiger partial charge in [-0.25, -0.2) is 4.98 Å². The molecule has 2 rings (SSSR count). The lowest BCUT2D eigenvalue weighted by molar-refractivity contribution is 0.0946. The summed E-state index contributed by atoms with van der Waals surface area (Å²) < 4.78 is 10.4. The number of methoxy groups -OCH3 is 2. The van der Waals surface area contributed by atoms with Gasteiger partial charge in [-0.1, -0.05) is 0 Å². The Kier molecular flexibility index (Phi) is 4.61. The first-order valence-corrected chi connectivity index (χ1v) is 6.35. The van der Waals surface area contributed by atoms with Crippen molar-refractivity contribution < 1.29 is 14.3 Å². The summed E-state index contributed by atoms with van der Waals surface area (Å²) in [7, 11) is 3.16. The summed E-state index contributed by atoms with van der Waals surface area (Å²) in [4.78, 5) is 16.0. The van der Waals surface area contributed by atoms with Crippen molar-refractivity contribution in [2.75, 3.05) is 20.0 Å². The Balaban J connectivity index is 2.12. The van der Waals surface area contributed by atoms with Gasteiger partial charge in [0.2, 0.25) is 0 Å². The molecule has 1 heterocycles. The number of nitrogens with zero attached hydrogens (tertiary/aromatic N) is 1. The van der Waals surface area contributed by atoms with Crippen molar-refractivity contribution in [2.24, 2.45) is 0 Å². The molecule has 1 aromatic carbocycles. The maximum absolute atomic E-state index is 12.1. The van der Waals surface area contributed by atoms with Crippen molar-refractivity contribution in [3.8, 4) is 11.5 Å². The van der Waals surface area contributed by atoms with Crippen LogP contribution in [-0.4, -0.2) is 25.1 Å². The van der Waals surface area contributed by atoms with Crippen molar-refractivity contribution in [3.05, 3.63) is 47.8 Å². The SMILES string of the molecule is COc1ccc(OC)c(CNC(=O)c2ncccc2N)c1. The van der Waals surface area contributed by atoms with Crippen LogP contribution in [0.1, 0.15) is 16.1 Å². The third kappa shape index (κ3) is 3.42. The molecular formula is C15H17N3O3. The van der Waals surface area contributed by atoms with Crippen LogP contribution in [0.5, 0.6) is 11.5 Å². The van der Waals surface area contributed by atoms with Gasteiger partial charge in [0.15, 0.2) is 5.69 Å². The van der Waals surface area contributed by atoms with Crippen molar-refractivity contribution >= 4 is 11.6 Å². The third-order valence-corrected chi connectivity index (χ3v) is 2.98. The first-order valence-electron chi connectivity index (χ1n) is 6.35. The summed E-state index contributed by atoms with van der Waals surface area (Å²) in [5.74, 6) is 1.03. The number of hydrogen-bond acceptors (Lipinski definition) is 5. The molecule has 0 saturated carbocycles. The Bertz CT molecular complexity index is 644. The lowest BCUT2D eigenvalue weighted by Crippen LogP contribution is -2.25. The van der Waals surface area contributed by atoms with E-state index in [0.717, 1.165) is 5.56 Å². The Labute approximate surface area is 122 Å². The molecule has 0 saturated heterocycles. The van der Waals surface area contributed by atoms with Gasteiger partial charge in [-0.15, -0.1) is 0 Å². The van der Waals surface area contributed by atoms with Gasteiger partial charge in [-0.3, -0.25) is 4.79 Å². The Morgan fingerprint density at radius 1 is 1.29 bits per heavy atom. The van der Waals surface area contributed by atoms with Gasteiger partial charge >= 0.3 is 0 Å². The molecule has 0 aliphatic heterocycles. The fraction of sp³-hybridized carbons (Fsp3) is 0.200. The molecule has 0 fully saturated rings. The first kappa shape index (κ1) is 14.6. The van der Waals surface area contributed by atoms with Crippen LogP contribution >= 0.6 is 0 Å². The van der Waals surface area contributed by atoms with E-state index in [-0.39, 0.29) is 18.1 Å². The van der Waals surface area contributed by atoms with Gasteiger partial charge in [0.05, 0.1) is 19.9 Å². The van der Waals surface area contributed by atoms with E-state index in [4.69, 9.17) is 15.2 Å². The summed E-state index contributed by atoms with van der Waals surface area (Å²) >= 11 is 0. The quantitative estimate of drug-likeness (QED) is 0.872. The molecule has 0 aliphatic carbocycles. The number of anilines is 1. The van der Waals surface area contributed by atoms with Crippen LogP contribution in [0.25, 0.3) is 0 Å². The molecular weight excluding hydrogens is 270 g/mol. The molecule has 1 amide bonds. The van der Waals surface area contributed by atoms with E-state index in [0.29, 0.717) is 17.2 Å². The number of ether oxygens (including phenoxy) is 2. The normalized spacial score (nSPS) is 10.0. The maximum Gasteiger partial charge on any atom is 0.272 e. The van der Waals surface area contributed by atoms with Crippen LogP contribution in [0, 0.1) is 0 Å². The minimum absolute atomic E-state index is 0.208. The number of carbonyl (C=O) groups is 1. The largest absolute Gasteiger partial charge is 0.497 e. The molecule has 6 nitrogen and oxygen atoms in total. The number of aromatic nitrogens is 1. The van der Waals surface area contributed by atoms with E-state index >= 15 is 0 Å². The van der Waals surface area contributed by atoms with Gasteiger partial charge in [-0.05, 0) is 30.3 Å². The number of hydrogen-bond donors (Lipinski definition) is 2. The molecule has 0 bridgehead atoms. The summed E-state index contributed by atoms with van der Waals surface area (Å²) in [5, 5.41) is 2.77. The number of nitrogens with two attached hydrogens (primary N) is 1. The molecule has 6 heteroatoms. The average molecular weight is 287 g/mol. The van der Waals surface area contributed by atoms with Gasteiger partial charge in [0, 0.05) is 18.3 Å². The van der Waals surface area contributed by atoms with E-state index < -0.39 is 0 Å². The van der Waals surface area contributed by atoms with Crippen LogP contribution in [0.3, 0.4) is 0 Å². The highest BCUT2D eigenvalue weighted by Gasteiger charge is 2.12. The summed E-state index contributed by atoms with van der Waals surface area (Å²) in [5.41, 5.74) is 7.08. The molecule has 1 aromatic heterocycles. The minimum atomic E-state index is -0.335. The van der Waals surface area contributed by atoms with Crippen LogP contribution in [0.2, 0.25) is 0 Å². The van der Waals surface area contributed by atoms with Crippen molar-refractivity contribution in [1.82, 2.24) is 10.3 Å². The van der Waals surface area contributed by atoms with E-state index in [1.165, 1.54) is 6.20 Å². The highest BCUT2D eigenvalue weighted by atomic mass is 16.5. The maximum atomic E-state index is 12.1. The van der Waals surface area contributed by atoms with Gasteiger partial charge in [0.25, 0.3) is 5.91 Å². The summed E-state index contributed by atoms with van der Waals surface area (Å²) in [6, 6.07) is 8.70. The Morgan fingerprint density at radius 2 is 2.10 bits per heavy atom. The summed E-state index contributed by atoms with van der Waals surface area (Å²) in [6.07, 6.45) is 1.53. The zero-order valence-corrected chi connectivity index (χ0v) is 11.9. The van der Waals surface area contributed by atoms with Gasteiger partial charge in [-0.2, -0.15) is 0 Å². The Hall–Kier alpha value is -2.76. The highest BCUT2D eigenvalue weighted by molar-refractivity contribution is 5.96. The highest BCUT2D eigenvalue weighted by Crippen LogP contribution is 2.23. The Morgan fingerprint density at radius 3 is 2.76 bits per heavy atom. The second kappa shape index (κ2) is 6.60. The number of pyridine rings is 1. The van der Waals surface area contributed by atoms with Crippen LogP contribution in [-0.2, 0) is 6.54 Å². The first-order chi connectivity index (χ1) is 10.2. The second-order valence-electron chi connectivity index (χ2n) is 4.30. The van der Waals surface area contributed by atoms with E-state index in [9.17, 15) is 4.79 Å². The predicted octanol–water partition coefficient (Wildman–Crippen LogP) is 1.61. The molecule has 0 atom stereocenters. The van der Waals surface area contributed by atoms with Crippen LogP contribution in [0.4, 0.5) is 5.69 Å². The van der Waals surface area contributed by atoms with E-state index in [2.05, 4.69) is 10.3 Å². The van der Waals surface area contributed by atoms with Gasteiger partial charge in [0.1, 0.15) is 11.5 Å². The predicted molar refractivity (Wildman–Crippen MR) is 79.4 cm³/mol. The molecule has 0 unspecified atom stereocenters. The number of benzene rings is 1. The van der Waals surface area contributed by atoms with E-state index in [1.54, 1.807) is 44.6 Å². The number of nitrogen functional groups attached to an aromatic ring is 1. The smallest absolute Gasteiger partial charge is 0.272 e. The molecule has 21 heavy (non-hydrogen) atoms. The minimum Gasteiger partial charge on any atom is -0.497 e. The molecule has 3 N–H and O–H groups in total. The van der Waals surface area contributed by atoms with Crippen LogP contribution < -0.4 is 20.5 Å². The monoisotopic (exact) mass is 287 g/mol. The van der Waals surface area contributed by atoms with Crippen LogP contribution in [0.15, 0.2) is 36.5 Å². The van der Waals surface area contributed by atoms with Crippen molar-refractivity contribution in [2.45, 2.75) is 6.54 Å². The van der Waals surface area contributed by atoms with Gasteiger partial charge < -0.3 is 20.5 Å². The molecule has 0 aliphatic rings. The summed E-state index contributed by atoms with van der Waals surface area (Å²) in [6.45, 7) is 0.287. The number of amides is 1. The van der Waals surface area contributed by atoms with Crippen molar-refractivity contribution in [1.29, 1.82) is 0 Å². The fourth-order valence-electron chi connectivity index (χ4n) is 1.89. The lowest BCUT2D eigenvalue weighted by atomic mass is 10.2. The molecule has 0 spiro atoms. The number of nitrogens with one attached hydrogen (secondary N) is 1. The molecule has 2 aromatic rings. The zero-order chi connectivity index (χ0) is 15.2. The average Bonchev–Trinajstić information content (AvgIpc) is 2.52. The number of carbonyl (C=O) groups excluding carboxylic acids is 1. The topological polar surface area (TPSA) is 86.5 Å². The molecule has 0 radical (unpaired) electrons. The van der Waals surface area contributed by atoms with Crippen molar-refractivity contribution in [3.63, 3.8) is 0 Å². The fourth-order valence-corrected chi connectivity index (χ4v) is 1.89. The standard InChI is InChI=1S/C15H17N3O3/c1-20-11-5-6-13(21-2)10(8-11)9-18-15(19)14-12(16)4-3-7-17-14/h3-8H,9,16H2,1-2H3,(H,18,19). The van der Waals surface area contributed by atoms with E-state index in [1.807, 2.05) is 0 Å².